The van der Waals surface area contributed by atoms with Crippen LogP contribution in [0, 0.1) is 0 Å². The van der Waals surface area contributed by atoms with Crippen LogP contribution in [0.15, 0.2) is 261 Å². The van der Waals surface area contributed by atoms with Crippen molar-refractivity contribution in [2.75, 3.05) is 4.90 Å². The van der Waals surface area contributed by atoms with Crippen molar-refractivity contribution in [1.82, 2.24) is 9.97 Å². The lowest BCUT2D eigenvalue weighted by atomic mass is 9.64. The molecule has 3 heteroatoms. The normalized spacial score (nSPS) is 12.8. The van der Waals surface area contributed by atoms with Crippen LogP contribution < -0.4 is 4.90 Å². The summed E-state index contributed by atoms with van der Waals surface area (Å²) >= 11 is 0. The van der Waals surface area contributed by atoms with E-state index < -0.39 is 5.41 Å². The highest BCUT2D eigenvalue weighted by molar-refractivity contribution is 5.97. The highest BCUT2D eigenvalue weighted by Crippen LogP contribution is 2.63. The fraction of sp³-hybridized carbons (Fsp3) is 0.0154. The number of anilines is 3. The lowest BCUT2D eigenvalue weighted by Gasteiger charge is -2.45. The molecule has 0 fully saturated rings. The number of rotatable bonds is 7. The van der Waals surface area contributed by atoms with E-state index in [-0.39, 0.29) is 0 Å². The first-order chi connectivity index (χ1) is 33.7. The zero-order valence-corrected chi connectivity index (χ0v) is 37.2. The predicted octanol–water partition coefficient (Wildman–Crippen LogP) is 16.6. The van der Waals surface area contributed by atoms with Gasteiger partial charge in [0.25, 0.3) is 0 Å². The zero-order chi connectivity index (χ0) is 45.0. The summed E-state index contributed by atoms with van der Waals surface area (Å²) in [5.74, 6) is 0.696. The van der Waals surface area contributed by atoms with Crippen LogP contribution in [-0.4, -0.2) is 9.97 Å². The quantitative estimate of drug-likeness (QED) is 0.160. The van der Waals surface area contributed by atoms with Crippen LogP contribution in [0.1, 0.15) is 22.3 Å². The predicted molar refractivity (Wildman–Crippen MR) is 280 cm³/mol. The third-order valence-corrected chi connectivity index (χ3v) is 13.9. The molecule has 13 rings (SSSR count). The Kier molecular flexibility index (Phi) is 9.40. The smallest absolute Gasteiger partial charge is 0.160 e. The molecule has 10 aromatic carbocycles. The molecule has 1 aliphatic heterocycles. The van der Waals surface area contributed by atoms with Crippen molar-refractivity contribution >= 4 is 17.1 Å². The van der Waals surface area contributed by atoms with E-state index in [4.69, 9.17) is 9.97 Å². The van der Waals surface area contributed by atoms with Crippen LogP contribution in [0.2, 0.25) is 0 Å². The van der Waals surface area contributed by atoms with E-state index in [9.17, 15) is 0 Å². The number of hydrogen-bond donors (Lipinski definition) is 0. The topological polar surface area (TPSA) is 29.0 Å². The van der Waals surface area contributed by atoms with Gasteiger partial charge < -0.3 is 4.90 Å². The molecule has 0 saturated heterocycles. The first kappa shape index (κ1) is 39.4. The summed E-state index contributed by atoms with van der Waals surface area (Å²) in [6, 6.07) is 94.3. The van der Waals surface area contributed by atoms with Crippen molar-refractivity contribution in [1.29, 1.82) is 0 Å². The van der Waals surface area contributed by atoms with Crippen LogP contribution in [0.4, 0.5) is 17.1 Å². The lowest BCUT2D eigenvalue weighted by Crippen LogP contribution is -2.36. The van der Waals surface area contributed by atoms with Crippen molar-refractivity contribution < 1.29 is 0 Å². The standard InChI is InChI=1S/C65H43N3/c1-4-19-44(20-5-1)45-35-37-46(38-36-45)60-43-61(67-64(66-60)47-21-6-2-7-22-47)50-24-18-23-48(41-50)52-27-10-11-28-53(52)49-39-40-55-54-29-12-13-30-56(54)65(59(55)42-49)57-31-14-16-33-62(57)68(51-25-8-3-9-26-51)63-34-17-15-32-58(63)65/h1-43H. The van der Waals surface area contributed by atoms with Gasteiger partial charge in [-0.1, -0.05) is 218 Å². The van der Waals surface area contributed by atoms with E-state index >= 15 is 0 Å². The van der Waals surface area contributed by atoms with E-state index in [0.717, 1.165) is 44.9 Å². The molecule has 318 valence electrons. The highest BCUT2D eigenvalue weighted by atomic mass is 15.2. The summed E-state index contributed by atoms with van der Waals surface area (Å²) in [4.78, 5) is 12.8. The molecule has 1 aliphatic carbocycles. The van der Waals surface area contributed by atoms with E-state index in [0.29, 0.717) is 5.82 Å². The van der Waals surface area contributed by atoms with Gasteiger partial charge in [0.05, 0.1) is 28.2 Å². The molecule has 68 heavy (non-hydrogen) atoms. The number of fused-ring (bicyclic) bond motifs is 9. The molecule has 0 atom stereocenters. The first-order valence-electron chi connectivity index (χ1n) is 23.3. The minimum atomic E-state index is -0.543. The third-order valence-electron chi connectivity index (χ3n) is 13.9. The average molecular weight is 866 g/mol. The van der Waals surface area contributed by atoms with Crippen molar-refractivity contribution in [2.45, 2.75) is 5.41 Å². The summed E-state index contributed by atoms with van der Waals surface area (Å²) in [7, 11) is 0. The number of hydrogen-bond acceptors (Lipinski definition) is 3. The van der Waals surface area contributed by atoms with Gasteiger partial charge in [0.15, 0.2) is 5.82 Å². The van der Waals surface area contributed by atoms with Crippen molar-refractivity contribution in [2.24, 2.45) is 0 Å². The monoisotopic (exact) mass is 865 g/mol. The van der Waals surface area contributed by atoms with Gasteiger partial charge in [-0.05, 0) is 109 Å². The molecule has 1 aromatic heterocycles. The van der Waals surface area contributed by atoms with E-state index in [1.165, 1.54) is 67.0 Å². The van der Waals surface area contributed by atoms with Gasteiger partial charge >= 0.3 is 0 Å². The fourth-order valence-electron chi connectivity index (χ4n) is 10.9. The van der Waals surface area contributed by atoms with E-state index in [1.54, 1.807) is 0 Å². The molecular formula is C65H43N3. The maximum absolute atomic E-state index is 5.23. The van der Waals surface area contributed by atoms with Gasteiger partial charge in [-0.2, -0.15) is 0 Å². The maximum atomic E-state index is 5.23. The molecule has 3 nitrogen and oxygen atoms in total. The Morgan fingerprint density at radius 3 is 1.37 bits per heavy atom. The molecule has 2 heterocycles. The Bertz CT molecular complexity index is 3630. The fourth-order valence-corrected chi connectivity index (χ4v) is 10.9. The number of aromatic nitrogens is 2. The van der Waals surface area contributed by atoms with Gasteiger partial charge in [0, 0.05) is 22.4 Å². The van der Waals surface area contributed by atoms with Crippen LogP contribution >= 0.6 is 0 Å². The Hall–Kier alpha value is -8.92. The molecule has 2 aliphatic rings. The van der Waals surface area contributed by atoms with Crippen LogP contribution in [0.3, 0.4) is 0 Å². The summed E-state index contributed by atoms with van der Waals surface area (Å²) in [6.45, 7) is 0. The molecule has 0 saturated carbocycles. The van der Waals surface area contributed by atoms with E-state index in [1.807, 2.05) is 18.2 Å². The third kappa shape index (κ3) is 6.35. The second kappa shape index (κ2) is 16.2. The summed E-state index contributed by atoms with van der Waals surface area (Å²) in [6.07, 6.45) is 0. The number of para-hydroxylation sites is 3. The minimum absolute atomic E-state index is 0.543. The number of benzene rings is 10. The minimum Gasteiger partial charge on any atom is -0.310 e. The van der Waals surface area contributed by atoms with Gasteiger partial charge in [-0.15, -0.1) is 0 Å². The van der Waals surface area contributed by atoms with Gasteiger partial charge in [0.2, 0.25) is 0 Å². The zero-order valence-electron chi connectivity index (χ0n) is 37.2. The Balaban J connectivity index is 0.947. The largest absolute Gasteiger partial charge is 0.310 e. The number of nitrogens with zero attached hydrogens (tertiary/aromatic N) is 3. The van der Waals surface area contributed by atoms with Crippen molar-refractivity contribution in [3.8, 4) is 78.4 Å². The van der Waals surface area contributed by atoms with Crippen LogP contribution in [0.5, 0.6) is 0 Å². The summed E-state index contributed by atoms with van der Waals surface area (Å²) < 4.78 is 0. The molecule has 11 aromatic rings. The molecule has 1 spiro atoms. The molecule has 0 amide bonds. The molecule has 0 bridgehead atoms. The Morgan fingerprint density at radius 2 is 0.706 bits per heavy atom. The molecule has 0 N–H and O–H groups in total. The first-order valence-corrected chi connectivity index (χ1v) is 23.3. The van der Waals surface area contributed by atoms with Crippen LogP contribution in [-0.2, 0) is 5.41 Å². The molecular weight excluding hydrogens is 823 g/mol. The lowest BCUT2D eigenvalue weighted by molar-refractivity contribution is 0.753. The van der Waals surface area contributed by atoms with Gasteiger partial charge in [-0.3, -0.25) is 0 Å². The molecule has 0 radical (unpaired) electrons. The van der Waals surface area contributed by atoms with Crippen molar-refractivity contribution in [3.63, 3.8) is 0 Å². The van der Waals surface area contributed by atoms with Crippen molar-refractivity contribution in [3.05, 3.63) is 283 Å². The Labute approximate surface area is 397 Å². The second-order valence-corrected chi connectivity index (χ2v) is 17.7. The van der Waals surface area contributed by atoms with Gasteiger partial charge in [-0.25, -0.2) is 9.97 Å². The van der Waals surface area contributed by atoms with Crippen LogP contribution in [0.25, 0.3) is 78.4 Å². The summed E-state index contributed by atoms with van der Waals surface area (Å²) in [5.41, 5.74) is 22.5. The van der Waals surface area contributed by atoms with E-state index in [2.05, 4.69) is 248 Å². The highest BCUT2D eigenvalue weighted by Gasteiger charge is 2.51. The Morgan fingerprint density at radius 1 is 0.265 bits per heavy atom. The second-order valence-electron chi connectivity index (χ2n) is 17.7. The maximum Gasteiger partial charge on any atom is 0.160 e. The average Bonchev–Trinajstić information content (AvgIpc) is 3.71. The molecule has 0 unspecified atom stereocenters. The van der Waals surface area contributed by atoms with Gasteiger partial charge in [0.1, 0.15) is 0 Å². The SMILES string of the molecule is c1ccc(-c2ccc(-c3cc(-c4cccc(-c5ccccc5-c5ccc6c(c5)C5(c7ccccc7-6)c6ccccc6N(c6ccccc6)c6ccccc65)c4)nc(-c4ccccc4)n3)cc2)cc1. The summed E-state index contributed by atoms with van der Waals surface area (Å²) in [5, 5.41) is 0.